The van der Waals surface area contributed by atoms with Gasteiger partial charge in [-0.25, -0.2) is 0 Å². The maximum absolute atomic E-state index is 11.8. The van der Waals surface area contributed by atoms with Crippen LogP contribution in [0.3, 0.4) is 0 Å². The van der Waals surface area contributed by atoms with E-state index in [0.29, 0.717) is 37.6 Å². The number of benzene rings is 1. The molecule has 1 aliphatic heterocycles. The zero-order valence-electron chi connectivity index (χ0n) is 11.2. The molecule has 0 unspecified atom stereocenters. The van der Waals surface area contributed by atoms with Crippen molar-refractivity contribution in [3.63, 3.8) is 0 Å². The first-order valence-corrected chi connectivity index (χ1v) is 7.76. The zero-order chi connectivity index (χ0) is 14.2. The van der Waals surface area contributed by atoms with E-state index in [0.717, 1.165) is 29.3 Å². The highest BCUT2D eigenvalue weighted by molar-refractivity contribution is 9.10. The Balaban J connectivity index is 2.10. The second-order valence-corrected chi connectivity index (χ2v) is 6.19. The van der Waals surface area contributed by atoms with Crippen molar-refractivity contribution in [3.8, 4) is 11.5 Å². The average Bonchev–Trinajstić information content (AvgIpc) is 2.79. The Morgan fingerprint density at radius 1 is 1.15 bits per heavy atom. The number of carbonyl (C=O) groups is 1. The third kappa shape index (κ3) is 2.08. The number of aliphatic carboxylic acids is 1. The minimum absolute atomic E-state index is 0.592. The van der Waals surface area contributed by atoms with Crippen molar-refractivity contribution in [2.75, 3.05) is 13.2 Å². The van der Waals surface area contributed by atoms with Gasteiger partial charge in [-0.3, -0.25) is 4.79 Å². The Bertz CT molecular complexity index is 535. The SMILES string of the molecule is O=C(O)C1(c2ccc3c(c2Br)OCCCO3)CCCC1. The smallest absolute Gasteiger partial charge is 0.314 e. The van der Waals surface area contributed by atoms with Crippen molar-refractivity contribution >= 4 is 21.9 Å². The molecule has 3 rings (SSSR count). The fourth-order valence-corrected chi connectivity index (χ4v) is 3.97. The van der Waals surface area contributed by atoms with Gasteiger partial charge in [-0.1, -0.05) is 18.9 Å². The Morgan fingerprint density at radius 3 is 2.55 bits per heavy atom. The second kappa shape index (κ2) is 5.28. The van der Waals surface area contributed by atoms with Crippen LogP contribution >= 0.6 is 15.9 Å². The van der Waals surface area contributed by atoms with Gasteiger partial charge in [0.15, 0.2) is 11.5 Å². The molecule has 20 heavy (non-hydrogen) atoms. The number of fused-ring (bicyclic) bond motifs is 1. The average molecular weight is 341 g/mol. The molecule has 1 aromatic carbocycles. The van der Waals surface area contributed by atoms with E-state index < -0.39 is 11.4 Å². The Hall–Kier alpha value is -1.23. The van der Waals surface area contributed by atoms with Crippen LogP contribution in [0.4, 0.5) is 0 Å². The van der Waals surface area contributed by atoms with E-state index in [2.05, 4.69) is 15.9 Å². The fourth-order valence-electron chi connectivity index (χ4n) is 3.15. The molecule has 1 N–H and O–H groups in total. The molecule has 0 aromatic heterocycles. The number of hydrogen-bond acceptors (Lipinski definition) is 3. The van der Waals surface area contributed by atoms with E-state index >= 15 is 0 Å². The van der Waals surface area contributed by atoms with Crippen molar-refractivity contribution < 1.29 is 19.4 Å². The minimum atomic E-state index is -0.788. The monoisotopic (exact) mass is 340 g/mol. The van der Waals surface area contributed by atoms with Crippen LogP contribution in [0.2, 0.25) is 0 Å². The number of carboxylic acid groups (broad SMARTS) is 1. The van der Waals surface area contributed by atoms with Crippen LogP contribution in [0.5, 0.6) is 11.5 Å². The lowest BCUT2D eigenvalue weighted by molar-refractivity contribution is -0.143. The van der Waals surface area contributed by atoms with Crippen molar-refractivity contribution in [2.45, 2.75) is 37.5 Å². The van der Waals surface area contributed by atoms with Crippen molar-refractivity contribution in [1.29, 1.82) is 0 Å². The highest BCUT2D eigenvalue weighted by Crippen LogP contribution is 2.49. The first-order valence-electron chi connectivity index (χ1n) is 6.97. The third-order valence-electron chi connectivity index (χ3n) is 4.24. The summed E-state index contributed by atoms with van der Waals surface area (Å²) in [5, 5.41) is 9.71. The van der Waals surface area contributed by atoms with Crippen molar-refractivity contribution in [3.05, 3.63) is 22.2 Å². The van der Waals surface area contributed by atoms with Gasteiger partial charge in [0.1, 0.15) is 0 Å². The predicted octanol–water partition coefficient (Wildman–Crippen LogP) is 3.51. The molecule has 1 aromatic rings. The molecule has 0 atom stereocenters. The van der Waals surface area contributed by atoms with Crippen LogP contribution in [-0.2, 0) is 10.2 Å². The lowest BCUT2D eigenvalue weighted by Crippen LogP contribution is -2.33. The Labute approximate surface area is 126 Å². The van der Waals surface area contributed by atoms with Crippen LogP contribution in [0.15, 0.2) is 16.6 Å². The summed E-state index contributed by atoms with van der Waals surface area (Å²) in [6.45, 7) is 1.22. The summed E-state index contributed by atoms with van der Waals surface area (Å²) in [5.41, 5.74) is 0.0236. The molecular weight excluding hydrogens is 324 g/mol. The van der Waals surface area contributed by atoms with Crippen LogP contribution < -0.4 is 9.47 Å². The molecule has 0 spiro atoms. The number of carboxylic acids is 1. The summed E-state index contributed by atoms with van der Waals surface area (Å²) in [6, 6.07) is 3.71. The molecule has 1 heterocycles. The highest BCUT2D eigenvalue weighted by atomic mass is 79.9. The molecule has 0 amide bonds. The van der Waals surface area contributed by atoms with Gasteiger partial charge < -0.3 is 14.6 Å². The normalized spacial score (nSPS) is 20.4. The summed E-state index contributed by atoms with van der Waals surface area (Å²) >= 11 is 3.55. The molecule has 1 aliphatic carbocycles. The number of rotatable bonds is 2. The van der Waals surface area contributed by atoms with Gasteiger partial charge in [-0.15, -0.1) is 0 Å². The lowest BCUT2D eigenvalue weighted by Gasteiger charge is -2.27. The second-order valence-electron chi connectivity index (χ2n) is 5.40. The van der Waals surface area contributed by atoms with Crippen LogP contribution in [0, 0.1) is 0 Å². The summed E-state index contributed by atoms with van der Waals surface area (Å²) in [6.07, 6.45) is 4.10. The molecular formula is C15H17BrO4. The van der Waals surface area contributed by atoms with Crippen molar-refractivity contribution in [1.82, 2.24) is 0 Å². The molecule has 108 valence electrons. The van der Waals surface area contributed by atoms with E-state index in [9.17, 15) is 9.90 Å². The van der Waals surface area contributed by atoms with Crippen LogP contribution in [-0.4, -0.2) is 24.3 Å². The molecule has 0 saturated heterocycles. The first-order chi connectivity index (χ1) is 9.65. The predicted molar refractivity (Wildman–Crippen MR) is 77.5 cm³/mol. The van der Waals surface area contributed by atoms with E-state index in [1.54, 1.807) is 0 Å². The number of hydrogen-bond donors (Lipinski definition) is 1. The first kappa shape index (κ1) is 13.7. The fraction of sp³-hybridized carbons (Fsp3) is 0.533. The lowest BCUT2D eigenvalue weighted by atomic mass is 9.79. The highest BCUT2D eigenvalue weighted by Gasteiger charge is 2.45. The van der Waals surface area contributed by atoms with E-state index in [4.69, 9.17) is 9.47 Å². The molecule has 0 bridgehead atoms. The maximum atomic E-state index is 11.8. The van der Waals surface area contributed by atoms with Gasteiger partial charge in [-0.2, -0.15) is 0 Å². The summed E-state index contributed by atoms with van der Waals surface area (Å²) in [7, 11) is 0. The van der Waals surface area contributed by atoms with E-state index in [-0.39, 0.29) is 0 Å². The van der Waals surface area contributed by atoms with Crippen LogP contribution in [0.1, 0.15) is 37.7 Å². The molecule has 5 heteroatoms. The molecule has 1 saturated carbocycles. The quantitative estimate of drug-likeness (QED) is 0.894. The maximum Gasteiger partial charge on any atom is 0.314 e. The van der Waals surface area contributed by atoms with Gasteiger partial charge >= 0.3 is 5.97 Å². The molecule has 4 nitrogen and oxygen atoms in total. The third-order valence-corrected chi connectivity index (χ3v) is 5.02. The van der Waals surface area contributed by atoms with E-state index in [1.807, 2.05) is 12.1 Å². The van der Waals surface area contributed by atoms with Gasteiger partial charge in [0.2, 0.25) is 0 Å². The van der Waals surface area contributed by atoms with E-state index in [1.165, 1.54) is 0 Å². The minimum Gasteiger partial charge on any atom is -0.490 e. The van der Waals surface area contributed by atoms with Crippen molar-refractivity contribution in [2.24, 2.45) is 0 Å². The molecule has 2 aliphatic rings. The summed E-state index contributed by atoms with van der Waals surface area (Å²) in [5.74, 6) is 0.592. The standard InChI is InChI=1S/C15H17BrO4/c16-12-10(15(14(17)18)6-1-2-7-15)4-5-11-13(12)20-9-3-8-19-11/h4-5H,1-3,6-9H2,(H,17,18). The Kier molecular flexibility index (Phi) is 3.63. The van der Waals surface area contributed by atoms with Crippen LogP contribution in [0.25, 0.3) is 0 Å². The zero-order valence-corrected chi connectivity index (χ0v) is 12.7. The molecule has 1 fully saturated rings. The summed E-state index contributed by atoms with van der Waals surface area (Å²) in [4.78, 5) is 11.8. The largest absolute Gasteiger partial charge is 0.490 e. The van der Waals surface area contributed by atoms with Gasteiger partial charge in [0.25, 0.3) is 0 Å². The van der Waals surface area contributed by atoms with Gasteiger partial charge in [0.05, 0.1) is 23.1 Å². The van der Waals surface area contributed by atoms with Gasteiger partial charge in [-0.05, 0) is 40.4 Å². The molecule has 0 radical (unpaired) electrons. The topological polar surface area (TPSA) is 55.8 Å². The summed E-state index contributed by atoms with van der Waals surface area (Å²) < 4.78 is 12.1. The number of ether oxygens (including phenoxy) is 2. The number of halogens is 1. The Morgan fingerprint density at radius 2 is 1.85 bits per heavy atom. The van der Waals surface area contributed by atoms with Gasteiger partial charge in [0, 0.05) is 6.42 Å².